The number of carboxylic acid groups (broad SMARTS) is 1. The number of hydrogen-bond donors (Lipinski definition) is 2. The van der Waals surface area contributed by atoms with Gasteiger partial charge >= 0.3 is 5.97 Å². The van der Waals surface area contributed by atoms with Gasteiger partial charge in [0.05, 0.1) is 11.8 Å². The molecule has 2 aliphatic rings. The summed E-state index contributed by atoms with van der Waals surface area (Å²) < 4.78 is 0. The molecule has 0 aromatic carbocycles. The van der Waals surface area contributed by atoms with Crippen LogP contribution in [0.25, 0.3) is 0 Å². The van der Waals surface area contributed by atoms with Crippen LogP contribution in [0.15, 0.2) is 0 Å². The number of likely N-dealkylation sites (tertiary alicyclic amines) is 1. The lowest BCUT2D eigenvalue weighted by atomic mass is 9.91. The molecular weight excluding hydrogens is 268 g/mol. The fourth-order valence-corrected chi connectivity index (χ4v) is 3.90. The second-order valence-corrected chi connectivity index (χ2v) is 6.94. The molecule has 0 bridgehead atoms. The number of nitrogens with one attached hydrogen (secondary N) is 1. The highest BCUT2D eigenvalue weighted by Gasteiger charge is 2.42. The Hall–Kier alpha value is -1.10. The molecule has 5 atom stereocenters. The molecule has 1 heterocycles. The van der Waals surface area contributed by atoms with Crippen LogP contribution in [-0.4, -0.2) is 48.1 Å². The number of carboxylic acids is 1. The molecule has 120 valence electrons. The minimum absolute atomic E-state index is 0.0419. The lowest BCUT2D eigenvalue weighted by Gasteiger charge is -2.36. The SMILES string of the molecule is CCC1CC(C(=O)O)C(C(=O)NC2CCN(C)CC2C)C1. The van der Waals surface area contributed by atoms with Gasteiger partial charge in [0.15, 0.2) is 0 Å². The van der Waals surface area contributed by atoms with E-state index in [0.29, 0.717) is 18.3 Å². The van der Waals surface area contributed by atoms with Gasteiger partial charge in [-0.1, -0.05) is 20.3 Å². The molecule has 1 aliphatic heterocycles. The van der Waals surface area contributed by atoms with E-state index in [-0.39, 0.29) is 17.9 Å². The molecule has 2 N–H and O–H groups in total. The number of aliphatic carboxylic acids is 1. The monoisotopic (exact) mass is 296 g/mol. The molecule has 1 aliphatic carbocycles. The van der Waals surface area contributed by atoms with E-state index in [1.165, 1.54) is 0 Å². The summed E-state index contributed by atoms with van der Waals surface area (Å²) in [5.41, 5.74) is 0. The van der Waals surface area contributed by atoms with Gasteiger partial charge < -0.3 is 15.3 Å². The van der Waals surface area contributed by atoms with Gasteiger partial charge in [0, 0.05) is 12.6 Å². The third-order valence-electron chi connectivity index (χ3n) is 5.33. The Balaban J connectivity index is 1.97. The minimum atomic E-state index is -0.817. The predicted molar refractivity (Wildman–Crippen MR) is 80.8 cm³/mol. The van der Waals surface area contributed by atoms with E-state index < -0.39 is 11.9 Å². The van der Waals surface area contributed by atoms with Gasteiger partial charge in [-0.15, -0.1) is 0 Å². The van der Waals surface area contributed by atoms with Gasteiger partial charge in [0.2, 0.25) is 5.91 Å². The van der Waals surface area contributed by atoms with Crippen LogP contribution in [0.2, 0.25) is 0 Å². The second kappa shape index (κ2) is 6.77. The first-order valence-electron chi connectivity index (χ1n) is 8.14. The molecule has 1 saturated heterocycles. The summed E-state index contributed by atoms with van der Waals surface area (Å²) in [5.74, 6) is -0.922. The topological polar surface area (TPSA) is 69.6 Å². The van der Waals surface area contributed by atoms with E-state index in [9.17, 15) is 14.7 Å². The highest BCUT2D eigenvalue weighted by atomic mass is 16.4. The molecule has 5 nitrogen and oxygen atoms in total. The standard InChI is InChI=1S/C16H28N2O3/c1-4-11-7-12(13(8-11)16(20)21)15(19)17-14-5-6-18(3)9-10(14)2/h10-14H,4-9H2,1-3H3,(H,17,19)(H,20,21). The van der Waals surface area contributed by atoms with Crippen LogP contribution in [0.1, 0.15) is 39.5 Å². The van der Waals surface area contributed by atoms with Gasteiger partial charge in [-0.3, -0.25) is 9.59 Å². The van der Waals surface area contributed by atoms with E-state index in [0.717, 1.165) is 32.4 Å². The highest BCUT2D eigenvalue weighted by molar-refractivity contribution is 5.85. The lowest BCUT2D eigenvalue weighted by Crippen LogP contribution is -2.50. The van der Waals surface area contributed by atoms with Crippen molar-refractivity contribution in [3.05, 3.63) is 0 Å². The van der Waals surface area contributed by atoms with Crippen molar-refractivity contribution in [2.24, 2.45) is 23.7 Å². The number of piperidine rings is 1. The van der Waals surface area contributed by atoms with Crippen LogP contribution in [0, 0.1) is 23.7 Å². The van der Waals surface area contributed by atoms with Crippen LogP contribution in [0.3, 0.4) is 0 Å². The maximum Gasteiger partial charge on any atom is 0.307 e. The number of amides is 1. The summed E-state index contributed by atoms with van der Waals surface area (Å²) in [4.78, 5) is 26.2. The third kappa shape index (κ3) is 3.76. The van der Waals surface area contributed by atoms with Crippen molar-refractivity contribution in [3.63, 3.8) is 0 Å². The van der Waals surface area contributed by atoms with Gasteiger partial charge in [-0.05, 0) is 44.7 Å². The first-order chi connectivity index (χ1) is 9.92. The molecule has 0 aromatic heterocycles. The first kappa shape index (κ1) is 16.3. The molecular formula is C16H28N2O3. The number of nitrogens with zero attached hydrogens (tertiary/aromatic N) is 1. The summed E-state index contributed by atoms with van der Waals surface area (Å²) in [7, 11) is 2.10. The van der Waals surface area contributed by atoms with Gasteiger partial charge in [0.25, 0.3) is 0 Å². The van der Waals surface area contributed by atoms with Crippen molar-refractivity contribution in [1.82, 2.24) is 10.2 Å². The van der Waals surface area contributed by atoms with Gasteiger partial charge in [-0.2, -0.15) is 0 Å². The average Bonchev–Trinajstić information content (AvgIpc) is 2.86. The van der Waals surface area contributed by atoms with Crippen molar-refractivity contribution < 1.29 is 14.7 Å². The van der Waals surface area contributed by atoms with Gasteiger partial charge in [0.1, 0.15) is 0 Å². The normalized spacial score (nSPS) is 37.4. The van der Waals surface area contributed by atoms with E-state index in [4.69, 9.17) is 0 Å². The summed E-state index contributed by atoms with van der Waals surface area (Å²) in [5, 5.41) is 12.5. The maximum atomic E-state index is 12.5. The Morgan fingerprint density at radius 1 is 1.29 bits per heavy atom. The van der Waals surface area contributed by atoms with E-state index in [1.54, 1.807) is 0 Å². The molecule has 1 amide bonds. The van der Waals surface area contributed by atoms with Crippen LogP contribution in [0.5, 0.6) is 0 Å². The molecule has 0 aromatic rings. The van der Waals surface area contributed by atoms with Crippen LogP contribution >= 0.6 is 0 Å². The molecule has 0 spiro atoms. The second-order valence-electron chi connectivity index (χ2n) is 6.94. The first-order valence-corrected chi connectivity index (χ1v) is 8.14. The summed E-state index contributed by atoms with van der Waals surface area (Å²) in [6.45, 7) is 6.19. The fourth-order valence-electron chi connectivity index (χ4n) is 3.90. The molecule has 2 fully saturated rings. The Kier molecular flexibility index (Phi) is 5.25. The van der Waals surface area contributed by atoms with Crippen LogP contribution < -0.4 is 5.32 Å². The number of hydrogen-bond acceptors (Lipinski definition) is 3. The largest absolute Gasteiger partial charge is 0.481 e. The molecule has 21 heavy (non-hydrogen) atoms. The number of rotatable bonds is 4. The van der Waals surface area contributed by atoms with E-state index >= 15 is 0 Å². The van der Waals surface area contributed by atoms with Gasteiger partial charge in [-0.25, -0.2) is 0 Å². The van der Waals surface area contributed by atoms with Crippen LogP contribution in [0.4, 0.5) is 0 Å². The van der Waals surface area contributed by atoms with Crippen LogP contribution in [-0.2, 0) is 9.59 Å². The fraction of sp³-hybridized carbons (Fsp3) is 0.875. The number of carbonyl (C=O) groups excluding carboxylic acids is 1. The highest BCUT2D eigenvalue weighted by Crippen LogP contribution is 2.38. The quantitative estimate of drug-likeness (QED) is 0.826. The van der Waals surface area contributed by atoms with E-state index in [1.807, 2.05) is 0 Å². The third-order valence-corrected chi connectivity index (χ3v) is 5.33. The minimum Gasteiger partial charge on any atom is -0.481 e. The Labute approximate surface area is 127 Å². The summed E-state index contributed by atoms with van der Waals surface area (Å²) in [6, 6.07) is 0.184. The summed E-state index contributed by atoms with van der Waals surface area (Å²) in [6.07, 6.45) is 3.27. The predicted octanol–water partition coefficient (Wildman–Crippen LogP) is 1.58. The average molecular weight is 296 g/mol. The van der Waals surface area contributed by atoms with Crippen molar-refractivity contribution >= 4 is 11.9 Å². The number of carbonyl (C=O) groups is 2. The molecule has 5 unspecified atom stereocenters. The zero-order chi connectivity index (χ0) is 15.6. The zero-order valence-electron chi connectivity index (χ0n) is 13.3. The van der Waals surface area contributed by atoms with E-state index in [2.05, 4.69) is 31.1 Å². The lowest BCUT2D eigenvalue weighted by molar-refractivity contribution is -0.146. The van der Waals surface area contributed by atoms with Crippen molar-refractivity contribution in [3.8, 4) is 0 Å². The van der Waals surface area contributed by atoms with Crippen molar-refractivity contribution in [2.45, 2.75) is 45.6 Å². The smallest absolute Gasteiger partial charge is 0.307 e. The molecule has 0 radical (unpaired) electrons. The Morgan fingerprint density at radius 2 is 1.95 bits per heavy atom. The molecule has 5 heteroatoms. The van der Waals surface area contributed by atoms with Crippen molar-refractivity contribution in [1.29, 1.82) is 0 Å². The summed E-state index contributed by atoms with van der Waals surface area (Å²) >= 11 is 0. The Bertz CT molecular complexity index is 399. The maximum absolute atomic E-state index is 12.5. The zero-order valence-corrected chi connectivity index (χ0v) is 13.3. The molecule has 1 saturated carbocycles. The van der Waals surface area contributed by atoms with Crippen molar-refractivity contribution in [2.75, 3.05) is 20.1 Å². The molecule has 2 rings (SSSR count). The Morgan fingerprint density at radius 3 is 2.52 bits per heavy atom.